The first-order valence-corrected chi connectivity index (χ1v) is 7.53. The van der Waals surface area contributed by atoms with Gasteiger partial charge in [0.15, 0.2) is 0 Å². The standard InChI is InChI=1S/C18H28O3/c1-7-13-8-12(10-15(19)20)9-14(16(13)21)18(5,6)11-17(2,3)4/h8-9,21H,7,10-11H2,1-6H3,(H,19,20). The molecule has 0 saturated carbocycles. The maximum atomic E-state index is 11.0. The van der Waals surface area contributed by atoms with Crippen LogP contribution in [0.1, 0.15) is 64.7 Å². The molecule has 0 aliphatic heterocycles. The molecule has 3 heteroatoms. The smallest absolute Gasteiger partial charge is 0.307 e. The molecule has 0 aliphatic rings. The van der Waals surface area contributed by atoms with Gasteiger partial charge in [0.1, 0.15) is 5.75 Å². The molecule has 0 spiro atoms. The van der Waals surface area contributed by atoms with E-state index in [9.17, 15) is 9.90 Å². The minimum atomic E-state index is -0.845. The van der Waals surface area contributed by atoms with Crippen molar-refractivity contribution in [2.24, 2.45) is 5.41 Å². The van der Waals surface area contributed by atoms with Crippen molar-refractivity contribution in [1.29, 1.82) is 0 Å². The van der Waals surface area contributed by atoms with Gasteiger partial charge in [-0.2, -0.15) is 0 Å². The number of phenolic OH excluding ortho intramolecular Hbond substituents is 1. The molecule has 0 amide bonds. The van der Waals surface area contributed by atoms with Gasteiger partial charge in [-0.3, -0.25) is 4.79 Å². The van der Waals surface area contributed by atoms with E-state index in [1.807, 2.05) is 13.0 Å². The number of phenols is 1. The Bertz CT molecular complexity index is 522. The normalized spacial score (nSPS) is 12.5. The third-order valence-corrected chi connectivity index (χ3v) is 3.69. The number of hydrogen-bond acceptors (Lipinski definition) is 2. The number of benzene rings is 1. The van der Waals surface area contributed by atoms with Gasteiger partial charge in [0.05, 0.1) is 6.42 Å². The van der Waals surface area contributed by atoms with E-state index in [4.69, 9.17) is 5.11 Å². The maximum absolute atomic E-state index is 11.0. The van der Waals surface area contributed by atoms with E-state index in [0.717, 1.165) is 23.1 Å². The second-order valence-corrected chi connectivity index (χ2v) is 7.70. The van der Waals surface area contributed by atoms with Crippen LogP contribution in [0.2, 0.25) is 0 Å². The molecule has 118 valence electrons. The van der Waals surface area contributed by atoms with Crippen LogP contribution in [-0.4, -0.2) is 16.2 Å². The van der Waals surface area contributed by atoms with Crippen LogP contribution >= 0.6 is 0 Å². The first-order chi connectivity index (χ1) is 9.46. The maximum Gasteiger partial charge on any atom is 0.307 e. The van der Waals surface area contributed by atoms with E-state index in [0.29, 0.717) is 12.2 Å². The zero-order chi connectivity index (χ0) is 16.4. The highest BCUT2D eigenvalue weighted by Gasteiger charge is 2.30. The van der Waals surface area contributed by atoms with Crippen LogP contribution in [0.4, 0.5) is 0 Å². The summed E-state index contributed by atoms with van der Waals surface area (Å²) in [5, 5.41) is 19.5. The number of rotatable bonds is 5. The number of aromatic hydroxyl groups is 1. The monoisotopic (exact) mass is 292 g/mol. The summed E-state index contributed by atoms with van der Waals surface area (Å²) >= 11 is 0. The fraction of sp³-hybridized carbons (Fsp3) is 0.611. The van der Waals surface area contributed by atoms with Crippen molar-refractivity contribution in [3.05, 3.63) is 28.8 Å². The summed E-state index contributed by atoms with van der Waals surface area (Å²) in [5.41, 5.74) is 2.36. The molecule has 3 nitrogen and oxygen atoms in total. The summed E-state index contributed by atoms with van der Waals surface area (Å²) in [6.45, 7) is 12.7. The van der Waals surface area contributed by atoms with Gasteiger partial charge in [0, 0.05) is 5.56 Å². The predicted molar refractivity (Wildman–Crippen MR) is 85.9 cm³/mol. The Hall–Kier alpha value is -1.51. The zero-order valence-electron chi connectivity index (χ0n) is 14.1. The zero-order valence-corrected chi connectivity index (χ0v) is 14.1. The van der Waals surface area contributed by atoms with Gasteiger partial charge in [-0.05, 0) is 34.8 Å². The SMILES string of the molecule is CCc1cc(CC(=O)O)cc(C(C)(C)CC(C)(C)C)c1O. The van der Waals surface area contributed by atoms with Crippen molar-refractivity contribution >= 4 is 5.97 Å². The first kappa shape index (κ1) is 17.5. The number of aliphatic carboxylic acids is 1. The van der Waals surface area contributed by atoms with Gasteiger partial charge >= 0.3 is 5.97 Å². The number of hydrogen-bond donors (Lipinski definition) is 2. The molecule has 0 aliphatic carbocycles. The summed E-state index contributed by atoms with van der Waals surface area (Å²) in [5.74, 6) is -0.525. The van der Waals surface area contributed by atoms with Crippen LogP contribution < -0.4 is 0 Å². The third-order valence-electron chi connectivity index (χ3n) is 3.69. The highest BCUT2D eigenvalue weighted by molar-refractivity contribution is 5.70. The van der Waals surface area contributed by atoms with E-state index >= 15 is 0 Å². The van der Waals surface area contributed by atoms with Crippen molar-refractivity contribution in [2.75, 3.05) is 0 Å². The van der Waals surface area contributed by atoms with Crippen LogP contribution in [0.25, 0.3) is 0 Å². The molecule has 0 heterocycles. The van der Waals surface area contributed by atoms with Crippen molar-refractivity contribution < 1.29 is 15.0 Å². The molecule has 0 aromatic heterocycles. The fourth-order valence-corrected chi connectivity index (χ4v) is 3.24. The average molecular weight is 292 g/mol. The van der Waals surface area contributed by atoms with E-state index in [2.05, 4.69) is 34.6 Å². The number of carboxylic acids is 1. The van der Waals surface area contributed by atoms with Gasteiger partial charge < -0.3 is 10.2 Å². The van der Waals surface area contributed by atoms with Crippen LogP contribution in [0.15, 0.2) is 12.1 Å². The quantitative estimate of drug-likeness (QED) is 0.851. The molecule has 0 fully saturated rings. The van der Waals surface area contributed by atoms with Gasteiger partial charge in [-0.15, -0.1) is 0 Å². The van der Waals surface area contributed by atoms with E-state index < -0.39 is 5.97 Å². The van der Waals surface area contributed by atoms with Crippen molar-refractivity contribution in [1.82, 2.24) is 0 Å². The van der Waals surface area contributed by atoms with Crippen molar-refractivity contribution in [3.8, 4) is 5.75 Å². The second-order valence-electron chi connectivity index (χ2n) is 7.70. The molecule has 1 rings (SSSR count). The van der Waals surface area contributed by atoms with Crippen LogP contribution in [0.5, 0.6) is 5.75 Å². The Kier molecular flexibility index (Phi) is 5.08. The number of carboxylic acid groups (broad SMARTS) is 1. The minimum absolute atomic E-state index is 0.00806. The average Bonchev–Trinajstić information content (AvgIpc) is 2.27. The molecule has 21 heavy (non-hydrogen) atoms. The number of carbonyl (C=O) groups is 1. The Balaban J connectivity index is 3.35. The molecule has 1 aromatic rings. The topological polar surface area (TPSA) is 57.5 Å². The van der Waals surface area contributed by atoms with Gasteiger partial charge in [0.2, 0.25) is 0 Å². The lowest BCUT2D eigenvalue weighted by molar-refractivity contribution is -0.136. The summed E-state index contributed by atoms with van der Waals surface area (Å²) < 4.78 is 0. The second kappa shape index (κ2) is 6.08. The number of aryl methyl sites for hydroxylation is 1. The van der Waals surface area contributed by atoms with Crippen LogP contribution in [0, 0.1) is 5.41 Å². The molecule has 0 bridgehead atoms. The Morgan fingerprint density at radius 2 is 1.71 bits per heavy atom. The molecule has 0 atom stereocenters. The lowest BCUT2D eigenvalue weighted by atomic mass is 9.71. The van der Waals surface area contributed by atoms with Crippen molar-refractivity contribution in [2.45, 2.75) is 66.2 Å². The Morgan fingerprint density at radius 1 is 1.14 bits per heavy atom. The Morgan fingerprint density at radius 3 is 2.14 bits per heavy atom. The molecule has 2 N–H and O–H groups in total. The molecule has 0 saturated heterocycles. The molecular weight excluding hydrogens is 264 g/mol. The van der Waals surface area contributed by atoms with Gasteiger partial charge in [0.25, 0.3) is 0 Å². The molecule has 1 aromatic carbocycles. The minimum Gasteiger partial charge on any atom is -0.507 e. The summed E-state index contributed by atoms with van der Waals surface area (Å²) in [4.78, 5) is 11.0. The summed E-state index contributed by atoms with van der Waals surface area (Å²) in [6, 6.07) is 3.66. The van der Waals surface area contributed by atoms with Crippen LogP contribution in [-0.2, 0) is 23.1 Å². The summed E-state index contributed by atoms with van der Waals surface area (Å²) in [7, 11) is 0. The molecule has 0 radical (unpaired) electrons. The Labute approximate surface area is 128 Å². The first-order valence-electron chi connectivity index (χ1n) is 7.53. The predicted octanol–water partition coefficient (Wildman–Crippen LogP) is 4.30. The third kappa shape index (κ3) is 4.76. The molecular formula is C18H28O3. The van der Waals surface area contributed by atoms with E-state index in [1.54, 1.807) is 6.07 Å². The van der Waals surface area contributed by atoms with Gasteiger partial charge in [-0.25, -0.2) is 0 Å². The highest BCUT2D eigenvalue weighted by Crippen LogP contribution is 2.41. The van der Waals surface area contributed by atoms with E-state index in [1.165, 1.54) is 0 Å². The van der Waals surface area contributed by atoms with E-state index in [-0.39, 0.29) is 17.3 Å². The lowest BCUT2D eigenvalue weighted by Gasteiger charge is -2.34. The highest BCUT2D eigenvalue weighted by atomic mass is 16.4. The lowest BCUT2D eigenvalue weighted by Crippen LogP contribution is -2.25. The van der Waals surface area contributed by atoms with Gasteiger partial charge in [-0.1, -0.05) is 53.7 Å². The van der Waals surface area contributed by atoms with Crippen LogP contribution in [0.3, 0.4) is 0 Å². The fourth-order valence-electron chi connectivity index (χ4n) is 3.24. The largest absolute Gasteiger partial charge is 0.507 e. The molecule has 0 unspecified atom stereocenters. The van der Waals surface area contributed by atoms with Crippen molar-refractivity contribution in [3.63, 3.8) is 0 Å². The summed E-state index contributed by atoms with van der Waals surface area (Å²) in [6.07, 6.45) is 1.59.